The van der Waals surface area contributed by atoms with E-state index in [-0.39, 0.29) is 24.1 Å². The van der Waals surface area contributed by atoms with E-state index in [1.54, 1.807) is 6.07 Å². The second-order valence-corrected chi connectivity index (χ2v) is 5.30. The van der Waals surface area contributed by atoms with Crippen LogP contribution >= 0.6 is 12.4 Å². The predicted octanol–water partition coefficient (Wildman–Crippen LogP) is 3.20. The van der Waals surface area contributed by atoms with E-state index in [2.05, 4.69) is 0 Å². The lowest BCUT2D eigenvalue weighted by molar-refractivity contribution is 0.0610. The van der Waals surface area contributed by atoms with E-state index < -0.39 is 12.1 Å². The first-order chi connectivity index (χ1) is 9.13. The first-order valence-corrected chi connectivity index (χ1v) is 6.90. The molecular weight excluding hydrogens is 281 g/mol. The van der Waals surface area contributed by atoms with Crippen LogP contribution in [0.25, 0.3) is 0 Å². The van der Waals surface area contributed by atoms with Crippen molar-refractivity contribution in [3.63, 3.8) is 0 Å². The van der Waals surface area contributed by atoms with Crippen molar-refractivity contribution in [3.8, 4) is 5.75 Å². The molecule has 0 spiro atoms. The second-order valence-electron chi connectivity index (χ2n) is 5.30. The number of hydrogen-bond acceptors (Lipinski definition) is 3. The average Bonchev–Trinajstić information content (AvgIpc) is 2.46. The van der Waals surface area contributed by atoms with Crippen LogP contribution in [-0.2, 0) is 0 Å². The summed E-state index contributed by atoms with van der Waals surface area (Å²) in [5.41, 5.74) is 6.81. The molecule has 1 aromatic carbocycles. The van der Waals surface area contributed by atoms with Gasteiger partial charge < -0.3 is 15.6 Å². The summed E-state index contributed by atoms with van der Waals surface area (Å²) in [7, 11) is 1.48. The molecule has 0 heterocycles. The maximum atomic E-state index is 13.2. The number of aliphatic hydroxyl groups is 1. The number of rotatable bonds is 4. The zero-order valence-corrected chi connectivity index (χ0v) is 12.5. The van der Waals surface area contributed by atoms with Gasteiger partial charge in [-0.05, 0) is 24.8 Å². The first-order valence-electron chi connectivity index (χ1n) is 6.90. The van der Waals surface area contributed by atoms with Crippen molar-refractivity contribution in [2.24, 2.45) is 11.7 Å². The van der Waals surface area contributed by atoms with E-state index in [4.69, 9.17) is 10.5 Å². The average molecular weight is 304 g/mol. The normalized spacial score (nSPS) is 19.0. The second kappa shape index (κ2) is 7.81. The van der Waals surface area contributed by atoms with E-state index in [1.807, 2.05) is 0 Å². The Hall–Kier alpha value is -0.840. The van der Waals surface area contributed by atoms with Crippen LogP contribution in [0.1, 0.15) is 43.7 Å². The van der Waals surface area contributed by atoms with E-state index in [0.29, 0.717) is 11.3 Å². The standard InChI is InChI=1S/C15H22FNO2.ClH/c1-19-13-9-11(16)7-8-12(13)14(17)15(18)10-5-3-2-4-6-10;/h7-10,14-15,18H,2-6,17H2,1H3;1H/t14-,15+;/m0./s1. The lowest BCUT2D eigenvalue weighted by Crippen LogP contribution is -2.34. The monoisotopic (exact) mass is 303 g/mol. The van der Waals surface area contributed by atoms with Crippen molar-refractivity contribution in [1.29, 1.82) is 0 Å². The molecule has 0 saturated heterocycles. The molecule has 5 heteroatoms. The molecule has 0 radical (unpaired) electrons. The zero-order valence-electron chi connectivity index (χ0n) is 11.7. The fourth-order valence-corrected chi connectivity index (χ4v) is 2.91. The van der Waals surface area contributed by atoms with Crippen molar-refractivity contribution in [3.05, 3.63) is 29.6 Å². The van der Waals surface area contributed by atoms with Gasteiger partial charge in [-0.2, -0.15) is 0 Å². The molecule has 0 unspecified atom stereocenters. The van der Waals surface area contributed by atoms with Crippen molar-refractivity contribution in [1.82, 2.24) is 0 Å². The highest BCUT2D eigenvalue weighted by Crippen LogP contribution is 2.34. The molecule has 0 amide bonds. The first kappa shape index (κ1) is 17.2. The van der Waals surface area contributed by atoms with Crippen molar-refractivity contribution >= 4 is 12.4 Å². The van der Waals surface area contributed by atoms with Gasteiger partial charge in [0.15, 0.2) is 0 Å². The minimum atomic E-state index is -0.598. The Morgan fingerprint density at radius 3 is 2.55 bits per heavy atom. The Kier molecular flexibility index (Phi) is 6.72. The summed E-state index contributed by atoms with van der Waals surface area (Å²) < 4.78 is 18.3. The third-order valence-corrected chi connectivity index (χ3v) is 4.06. The fourth-order valence-electron chi connectivity index (χ4n) is 2.91. The maximum absolute atomic E-state index is 13.2. The van der Waals surface area contributed by atoms with Crippen LogP contribution in [0.5, 0.6) is 5.75 Å². The molecule has 3 nitrogen and oxygen atoms in total. The molecule has 1 aliphatic carbocycles. The summed E-state index contributed by atoms with van der Waals surface area (Å²) in [6.07, 6.45) is 4.96. The van der Waals surface area contributed by atoms with E-state index in [9.17, 15) is 9.50 Å². The molecule has 2 rings (SSSR count). The van der Waals surface area contributed by atoms with Crippen molar-refractivity contribution < 1.29 is 14.2 Å². The summed E-state index contributed by atoms with van der Waals surface area (Å²) in [5, 5.41) is 10.4. The van der Waals surface area contributed by atoms with Crippen LogP contribution in [-0.4, -0.2) is 18.3 Å². The molecule has 1 saturated carbocycles. The highest BCUT2D eigenvalue weighted by Gasteiger charge is 2.29. The topological polar surface area (TPSA) is 55.5 Å². The third kappa shape index (κ3) is 3.84. The zero-order chi connectivity index (χ0) is 13.8. The van der Waals surface area contributed by atoms with E-state index >= 15 is 0 Å². The molecule has 1 aromatic rings. The minimum Gasteiger partial charge on any atom is -0.496 e. The van der Waals surface area contributed by atoms with Crippen molar-refractivity contribution in [2.45, 2.75) is 44.2 Å². The Morgan fingerprint density at radius 2 is 1.95 bits per heavy atom. The molecule has 2 atom stereocenters. The van der Waals surface area contributed by atoms with Gasteiger partial charge in [-0.25, -0.2) is 4.39 Å². The molecule has 0 aliphatic heterocycles. The van der Waals surface area contributed by atoms with Crippen LogP contribution in [0.3, 0.4) is 0 Å². The smallest absolute Gasteiger partial charge is 0.126 e. The summed E-state index contributed by atoms with van der Waals surface area (Å²) in [5.74, 6) is 0.279. The highest BCUT2D eigenvalue weighted by molar-refractivity contribution is 5.85. The molecule has 1 aliphatic rings. The molecular formula is C15H23ClFNO2. The predicted molar refractivity (Wildman–Crippen MR) is 79.7 cm³/mol. The van der Waals surface area contributed by atoms with Gasteiger partial charge in [0.2, 0.25) is 0 Å². The Labute approximate surface area is 125 Å². The number of methoxy groups -OCH3 is 1. The third-order valence-electron chi connectivity index (χ3n) is 4.06. The summed E-state index contributed by atoms with van der Waals surface area (Å²) in [6.45, 7) is 0. The van der Waals surface area contributed by atoms with Gasteiger partial charge in [-0.3, -0.25) is 0 Å². The highest BCUT2D eigenvalue weighted by atomic mass is 35.5. The lowest BCUT2D eigenvalue weighted by atomic mass is 9.81. The van der Waals surface area contributed by atoms with Crippen LogP contribution in [0.15, 0.2) is 18.2 Å². The van der Waals surface area contributed by atoms with Gasteiger partial charge in [-0.1, -0.05) is 25.3 Å². The SMILES string of the molecule is COc1cc(F)ccc1[C@H](N)[C@H](O)C1CCCCC1.Cl. The number of ether oxygens (including phenoxy) is 1. The summed E-state index contributed by atoms with van der Waals surface area (Å²) in [6, 6.07) is 3.73. The Bertz CT molecular complexity index is 424. The summed E-state index contributed by atoms with van der Waals surface area (Å²) >= 11 is 0. The Morgan fingerprint density at radius 1 is 1.30 bits per heavy atom. The van der Waals surface area contributed by atoms with Gasteiger partial charge >= 0.3 is 0 Å². The molecule has 1 fully saturated rings. The number of benzene rings is 1. The minimum absolute atomic E-state index is 0. The fraction of sp³-hybridized carbons (Fsp3) is 0.600. The maximum Gasteiger partial charge on any atom is 0.126 e. The summed E-state index contributed by atoms with van der Waals surface area (Å²) in [4.78, 5) is 0. The van der Waals surface area contributed by atoms with Crippen LogP contribution in [0, 0.1) is 11.7 Å². The Balaban J connectivity index is 0.00000200. The van der Waals surface area contributed by atoms with Gasteiger partial charge in [-0.15, -0.1) is 12.4 Å². The van der Waals surface area contributed by atoms with Crippen LogP contribution < -0.4 is 10.5 Å². The lowest BCUT2D eigenvalue weighted by Gasteiger charge is -2.31. The van der Waals surface area contributed by atoms with Gasteiger partial charge in [0.25, 0.3) is 0 Å². The molecule has 114 valence electrons. The van der Waals surface area contributed by atoms with Gasteiger partial charge in [0.1, 0.15) is 11.6 Å². The molecule has 0 aromatic heterocycles. The van der Waals surface area contributed by atoms with Crippen LogP contribution in [0.2, 0.25) is 0 Å². The molecule has 0 bridgehead atoms. The van der Waals surface area contributed by atoms with Gasteiger partial charge in [0.05, 0.1) is 19.3 Å². The quantitative estimate of drug-likeness (QED) is 0.898. The molecule has 3 N–H and O–H groups in total. The number of aliphatic hydroxyl groups excluding tert-OH is 1. The van der Waals surface area contributed by atoms with Crippen LogP contribution in [0.4, 0.5) is 4.39 Å². The van der Waals surface area contributed by atoms with Crippen molar-refractivity contribution in [2.75, 3.05) is 7.11 Å². The molecule has 20 heavy (non-hydrogen) atoms. The van der Waals surface area contributed by atoms with Gasteiger partial charge in [0, 0.05) is 11.6 Å². The number of halogens is 2. The number of hydrogen-bond donors (Lipinski definition) is 2. The van der Waals surface area contributed by atoms with E-state index in [0.717, 1.165) is 25.7 Å². The largest absolute Gasteiger partial charge is 0.496 e. The van der Waals surface area contributed by atoms with E-state index in [1.165, 1.54) is 25.7 Å². The number of nitrogens with two attached hydrogens (primary N) is 1.